The first-order chi connectivity index (χ1) is 16.0. The quantitative estimate of drug-likeness (QED) is 0.315. The maximum atomic E-state index is 5.38. The third-order valence-electron chi connectivity index (χ3n) is 6.92. The molecule has 34 heavy (non-hydrogen) atoms. The van der Waals surface area contributed by atoms with Crippen LogP contribution in [0, 0.1) is 5.92 Å². The minimum absolute atomic E-state index is 0.204. The molecule has 0 aliphatic rings. The number of para-hydroxylation sites is 2. The van der Waals surface area contributed by atoms with Gasteiger partial charge >= 0.3 is 0 Å². The largest absolute Gasteiger partial charge is 0.257 e. The minimum Gasteiger partial charge on any atom is -0.257 e. The zero-order valence-electron chi connectivity index (χ0n) is 23.7. The Labute approximate surface area is 210 Å². The summed E-state index contributed by atoms with van der Waals surface area (Å²) in [5.74, 6) is 1.97. The lowest BCUT2D eigenvalue weighted by molar-refractivity contribution is 0.831. The summed E-state index contributed by atoms with van der Waals surface area (Å²) in [4.78, 5) is 10.8. The number of rotatable bonds is 10. The maximum absolute atomic E-state index is 5.38. The molecular weight excluding hydrogens is 412 g/mol. The number of nitrogens with zero attached hydrogens (tertiary/aromatic N) is 2. The van der Waals surface area contributed by atoms with Crippen LogP contribution in [0.1, 0.15) is 135 Å². The molecule has 0 radical (unpaired) electrons. The molecule has 0 aliphatic heterocycles. The van der Waals surface area contributed by atoms with Gasteiger partial charge in [-0.1, -0.05) is 113 Å². The van der Waals surface area contributed by atoms with Gasteiger partial charge in [-0.3, -0.25) is 9.98 Å². The Kier molecular flexibility index (Phi) is 10.3. The zero-order valence-corrected chi connectivity index (χ0v) is 23.7. The van der Waals surface area contributed by atoms with Gasteiger partial charge in [0.2, 0.25) is 0 Å². The summed E-state index contributed by atoms with van der Waals surface area (Å²) in [5.41, 5.74) is 10.2. The molecule has 2 nitrogen and oxygen atoms in total. The summed E-state index contributed by atoms with van der Waals surface area (Å²) in [5, 5.41) is 0. The van der Waals surface area contributed by atoms with Crippen molar-refractivity contribution in [1.29, 1.82) is 0 Å². The molecule has 0 fully saturated rings. The summed E-state index contributed by atoms with van der Waals surface area (Å²) in [7, 11) is 0. The molecule has 2 rings (SSSR count). The van der Waals surface area contributed by atoms with Gasteiger partial charge in [0.25, 0.3) is 0 Å². The zero-order chi connectivity index (χ0) is 25.6. The van der Waals surface area contributed by atoms with Crippen LogP contribution >= 0.6 is 0 Å². The van der Waals surface area contributed by atoms with Crippen molar-refractivity contribution in [3.05, 3.63) is 58.7 Å². The molecule has 186 valence electrons. The highest BCUT2D eigenvalue weighted by molar-refractivity contribution is 6.08. The number of benzene rings is 2. The van der Waals surface area contributed by atoms with Crippen molar-refractivity contribution in [2.75, 3.05) is 0 Å². The topological polar surface area (TPSA) is 24.7 Å². The Hall–Kier alpha value is -2.22. The van der Waals surface area contributed by atoms with Crippen LogP contribution in [0.15, 0.2) is 46.4 Å². The monoisotopic (exact) mass is 460 g/mol. The summed E-state index contributed by atoms with van der Waals surface area (Å²) in [6.07, 6.45) is 1.85. The second kappa shape index (κ2) is 12.5. The van der Waals surface area contributed by atoms with Crippen molar-refractivity contribution in [1.82, 2.24) is 0 Å². The summed E-state index contributed by atoms with van der Waals surface area (Å²) < 4.78 is 0. The SMILES string of the molecule is CC/C(=N/c1c(C(C)C)cccc1C(C)C)C(C)/C(CC)=N/c1c(C(C)C)cccc1C(C)C. The predicted octanol–water partition coefficient (Wildman–Crippen LogP) is 10.5. The van der Waals surface area contributed by atoms with Gasteiger partial charge in [0.15, 0.2) is 0 Å². The van der Waals surface area contributed by atoms with Crippen LogP contribution in [-0.4, -0.2) is 11.4 Å². The smallest absolute Gasteiger partial charge is 0.0698 e. The highest BCUT2D eigenvalue weighted by atomic mass is 14.8. The van der Waals surface area contributed by atoms with E-state index in [4.69, 9.17) is 9.98 Å². The van der Waals surface area contributed by atoms with E-state index in [9.17, 15) is 0 Å². The molecule has 0 bridgehead atoms. The third-order valence-corrected chi connectivity index (χ3v) is 6.92. The molecular formula is C32H48N2. The molecule has 1 unspecified atom stereocenters. The van der Waals surface area contributed by atoms with E-state index in [1.165, 1.54) is 45.1 Å². The lowest BCUT2D eigenvalue weighted by atomic mass is 9.90. The van der Waals surface area contributed by atoms with Crippen LogP contribution < -0.4 is 0 Å². The highest BCUT2D eigenvalue weighted by Gasteiger charge is 2.20. The van der Waals surface area contributed by atoms with Gasteiger partial charge < -0.3 is 0 Å². The first-order valence-corrected chi connectivity index (χ1v) is 13.4. The van der Waals surface area contributed by atoms with E-state index in [0.717, 1.165) is 12.8 Å². The average molecular weight is 461 g/mol. The Balaban J connectivity index is 2.67. The second-order valence-corrected chi connectivity index (χ2v) is 10.8. The molecule has 1 atom stereocenters. The number of hydrogen-bond donors (Lipinski definition) is 0. The maximum Gasteiger partial charge on any atom is 0.0698 e. The van der Waals surface area contributed by atoms with E-state index in [1.807, 2.05) is 0 Å². The Morgan fingerprint density at radius 2 is 0.794 bits per heavy atom. The van der Waals surface area contributed by atoms with Gasteiger partial charge in [0.1, 0.15) is 0 Å². The molecule has 0 aromatic heterocycles. The van der Waals surface area contributed by atoms with Gasteiger partial charge in [-0.15, -0.1) is 0 Å². The van der Waals surface area contributed by atoms with Crippen molar-refractivity contribution in [2.45, 2.75) is 113 Å². The van der Waals surface area contributed by atoms with Gasteiger partial charge in [0, 0.05) is 17.3 Å². The Bertz CT molecular complexity index is 872. The van der Waals surface area contributed by atoms with Gasteiger partial charge in [-0.2, -0.15) is 0 Å². The molecule has 0 N–H and O–H groups in total. The van der Waals surface area contributed by atoms with Crippen molar-refractivity contribution in [3.63, 3.8) is 0 Å². The van der Waals surface area contributed by atoms with E-state index in [-0.39, 0.29) is 5.92 Å². The fourth-order valence-electron chi connectivity index (χ4n) is 4.73. The van der Waals surface area contributed by atoms with E-state index in [1.54, 1.807) is 0 Å². The lowest BCUT2D eigenvalue weighted by Crippen LogP contribution is -2.20. The Morgan fingerprint density at radius 1 is 0.529 bits per heavy atom. The van der Waals surface area contributed by atoms with Gasteiger partial charge in [-0.25, -0.2) is 0 Å². The normalized spacial score (nSPS) is 14.1. The van der Waals surface area contributed by atoms with Crippen LogP contribution in [0.4, 0.5) is 11.4 Å². The second-order valence-electron chi connectivity index (χ2n) is 10.8. The van der Waals surface area contributed by atoms with Crippen LogP contribution in [0.5, 0.6) is 0 Å². The van der Waals surface area contributed by atoms with Gasteiger partial charge in [-0.05, 0) is 58.8 Å². The molecule has 0 saturated heterocycles. The molecule has 0 spiro atoms. The van der Waals surface area contributed by atoms with Crippen molar-refractivity contribution in [3.8, 4) is 0 Å². The van der Waals surface area contributed by atoms with Crippen LogP contribution in [0.25, 0.3) is 0 Å². The van der Waals surface area contributed by atoms with Gasteiger partial charge in [0.05, 0.1) is 11.4 Å². The molecule has 0 aliphatic carbocycles. The fraction of sp³-hybridized carbons (Fsp3) is 0.562. The summed E-state index contributed by atoms with van der Waals surface area (Å²) in [6.45, 7) is 24.9. The van der Waals surface area contributed by atoms with Crippen LogP contribution in [0.2, 0.25) is 0 Å². The highest BCUT2D eigenvalue weighted by Crippen LogP contribution is 2.37. The van der Waals surface area contributed by atoms with E-state index < -0.39 is 0 Å². The van der Waals surface area contributed by atoms with Crippen molar-refractivity contribution in [2.24, 2.45) is 15.9 Å². The number of hydrogen-bond acceptors (Lipinski definition) is 2. The standard InChI is InChI=1S/C32H48N2/c1-12-29(33-31-25(20(3)4)16-14-17-26(31)21(5)6)24(11)30(13-2)34-32-27(22(7)8)18-15-19-28(32)23(9)10/h14-24H,12-13H2,1-11H3/b33-29-,34-30+. The number of aliphatic imine (C=N–C) groups is 2. The molecule has 2 aromatic rings. The van der Waals surface area contributed by atoms with Crippen molar-refractivity contribution < 1.29 is 0 Å². The van der Waals surface area contributed by atoms with E-state index >= 15 is 0 Å². The van der Waals surface area contributed by atoms with E-state index in [0.29, 0.717) is 23.7 Å². The lowest BCUT2D eigenvalue weighted by Gasteiger charge is -2.22. The molecule has 2 aromatic carbocycles. The Morgan fingerprint density at radius 3 is 1.00 bits per heavy atom. The molecule has 0 amide bonds. The molecule has 0 heterocycles. The molecule has 0 saturated carbocycles. The average Bonchev–Trinajstić information content (AvgIpc) is 2.79. The summed E-state index contributed by atoms with van der Waals surface area (Å²) >= 11 is 0. The van der Waals surface area contributed by atoms with E-state index in [2.05, 4.69) is 113 Å². The first kappa shape index (κ1) is 28.0. The van der Waals surface area contributed by atoms with Crippen LogP contribution in [0.3, 0.4) is 0 Å². The molecule has 2 heteroatoms. The fourth-order valence-corrected chi connectivity index (χ4v) is 4.73. The summed E-state index contributed by atoms with van der Waals surface area (Å²) in [6, 6.07) is 13.4. The predicted molar refractivity (Wildman–Crippen MR) is 153 cm³/mol. The third kappa shape index (κ3) is 6.46. The first-order valence-electron chi connectivity index (χ1n) is 13.4. The van der Waals surface area contributed by atoms with Crippen LogP contribution in [-0.2, 0) is 0 Å². The minimum atomic E-state index is 0.204. The van der Waals surface area contributed by atoms with Crippen molar-refractivity contribution >= 4 is 22.8 Å².